The quantitative estimate of drug-likeness (QED) is 0.897. The molecule has 1 aromatic heterocycles. The Balaban J connectivity index is 2.55. The van der Waals surface area contributed by atoms with Gasteiger partial charge in [0, 0.05) is 24.9 Å². The molecule has 2 aromatic rings. The number of anilines is 3. The Labute approximate surface area is 112 Å². The van der Waals surface area contributed by atoms with Crippen molar-refractivity contribution in [3.63, 3.8) is 0 Å². The van der Waals surface area contributed by atoms with E-state index in [0.29, 0.717) is 11.5 Å². The maximum Gasteiger partial charge on any atom is 0.229 e. The Morgan fingerprint density at radius 3 is 2.53 bits per heavy atom. The topological polar surface area (TPSA) is 59.2 Å². The van der Waals surface area contributed by atoms with Crippen LogP contribution in [0.25, 0.3) is 0 Å². The average molecular weight is 255 g/mol. The average Bonchev–Trinajstić information content (AvgIpc) is 2.32. The molecule has 1 heterocycles. The van der Waals surface area contributed by atoms with Gasteiger partial charge in [0.25, 0.3) is 0 Å². The lowest BCUT2D eigenvalue weighted by Gasteiger charge is -2.22. The number of hydrogen-bond donors (Lipinski definition) is 1. The Morgan fingerprint density at radius 2 is 1.95 bits per heavy atom. The smallest absolute Gasteiger partial charge is 0.229 e. The van der Waals surface area contributed by atoms with Crippen LogP contribution in [0.5, 0.6) is 0 Å². The first-order chi connectivity index (χ1) is 8.99. The molecule has 0 saturated heterocycles. The van der Waals surface area contributed by atoms with Crippen molar-refractivity contribution in [3.8, 4) is 0 Å². The number of carbonyl (C=O) groups excluding carboxylic acids is 1. The zero-order chi connectivity index (χ0) is 14.0. The van der Waals surface area contributed by atoms with E-state index in [1.807, 2.05) is 32.0 Å². The minimum absolute atomic E-state index is 0.0925. The maximum atomic E-state index is 11.9. The summed E-state index contributed by atoms with van der Waals surface area (Å²) in [5.41, 5.74) is 9.36. The molecule has 19 heavy (non-hydrogen) atoms. The van der Waals surface area contributed by atoms with Crippen molar-refractivity contribution in [3.05, 3.63) is 47.7 Å². The summed E-state index contributed by atoms with van der Waals surface area (Å²) in [7, 11) is 0. The second-order valence-electron chi connectivity index (χ2n) is 4.59. The van der Waals surface area contributed by atoms with Gasteiger partial charge in [0.05, 0.1) is 5.69 Å². The van der Waals surface area contributed by atoms with Gasteiger partial charge in [-0.2, -0.15) is 0 Å². The SMILES string of the molecule is CC(=O)N(c1cc(N)ccn1)c1ccc(C)cc1C. The van der Waals surface area contributed by atoms with Crippen molar-refractivity contribution in [2.24, 2.45) is 0 Å². The van der Waals surface area contributed by atoms with E-state index in [2.05, 4.69) is 4.98 Å². The molecule has 0 bridgehead atoms. The molecule has 98 valence electrons. The number of aryl methyl sites for hydroxylation is 2. The summed E-state index contributed by atoms with van der Waals surface area (Å²) < 4.78 is 0. The predicted octanol–water partition coefficient (Wildman–Crippen LogP) is 2.97. The molecule has 4 heteroatoms. The molecule has 0 fully saturated rings. The standard InChI is InChI=1S/C15H17N3O/c1-10-4-5-14(11(2)8-10)18(12(3)19)15-9-13(16)6-7-17-15/h4-9H,1-3H3,(H2,16,17). The number of pyridine rings is 1. The van der Waals surface area contributed by atoms with Crippen LogP contribution in [0.1, 0.15) is 18.1 Å². The fraction of sp³-hybridized carbons (Fsp3) is 0.200. The van der Waals surface area contributed by atoms with Crippen molar-refractivity contribution in [1.29, 1.82) is 0 Å². The monoisotopic (exact) mass is 255 g/mol. The van der Waals surface area contributed by atoms with Crippen LogP contribution in [0.2, 0.25) is 0 Å². The molecule has 0 atom stereocenters. The van der Waals surface area contributed by atoms with Crippen LogP contribution < -0.4 is 10.6 Å². The number of hydrogen-bond acceptors (Lipinski definition) is 3. The van der Waals surface area contributed by atoms with Crippen molar-refractivity contribution in [1.82, 2.24) is 4.98 Å². The van der Waals surface area contributed by atoms with Crippen molar-refractivity contribution in [2.75, 3.05) is 10.6 Å². The fourth-order valence-electron chi connectivity index (χ4n) is 2.07. The molecule has 0 saturated carbocycles. The van der Waals surface area contributed by atoms with Gasteiger partial charge < -0.3 is 5.73 Å². The van der Waals surface area contributed by atoms with Gasteiger partial charge in [-0.3, -0.25) is 9.69 Å². The van der Waals surface area contributed by atoms with E-state index in [1.165, 1.54) is 6.92 Å². The molecule has 0 aliphatic heterocycles. The van der Waals surface area contributed by atoms with Crippen molar-refractivity contribution < 1.29 is 4.79 Å². The number of rotatable bonds is 2. The number of aromatic nitrogens is 1. The van der Waals surface area contributed by atoms with E-state index < -0.39 is 0 Å². The van der Waals surface area contributed by atoms with Crippen molar-refractivity contribution >= 4 is 23.1 Å². The minimum atomic E-state index is -0.0925. The second-order valence-corrected chi connectivity index (χ2v) is 4.59. The molecule has 0 spiro atoms. The third-order valence-corrected chi connectivity index (χ3v) is 2.91. The molecule has 0 aliphatic carbocycles. The molecular formula is C15H17N3O. The third kappa shape index (κ3) is 2.73. The summed E-state index contributed by atoms with van der Waals surface area (Å²) >= 11 is 0. The second kappa shape index (κ2) is 5.10. The molecule has 4 nitrogen and oxygen atoms in total. The van der Waals surface area contributed by atoms with Crippen LogP contribution in [0.3, 0.4) is 0 Å². The molecule has 2 rings (SSSR count). The molecule has 0 radical (unpaired) electrons. The van der Waals surface area contributed by atoms with E-state index in [0.717, 1.165) is 16.8 Å². The van der Waals surface area contributed by atoms with Crippen LogP contribution in [0.4, 0.5) is 17.2 Å². The van der Waals surface area contributed by atoms with Crippen molar-refractivity contribution in [2.45, 2.75) is 20.8 Å². The Kier molecular flexibility index (Phi) is 3.51. The van der Waals surface area contributed by atoms with Crippen LogP contribution in [0.15, 0.2) is 36.5 Å². The van der Waals surface area contributed by atoms with Crippen LogP contribution in [-0.2, 0) is 4.79 Å². The lowest BCUT2D eigenvalue weighted by Crippen LogP contribution is -2.24. The van der Waals surface area contributed by atoms with Gasteiger partial charge in [-0.05, 0) is 31.5 Å². The van der Waals surface area contributed by atoms with E-state index in [-0.39, 0.29) is 5.91 Å². The summed E-state index contributed by atoms with van der Waals surface area (Å²) in [5.74, 6) is 0.449. The number of amides is 1. The predicted molar refractivity (Wildman–Crippen MR) is 77.4 cm³/mol. The van der Waals surface area contributed by atoms with Gasteiger partial charge in [-0.25, -0.2) is 4.98 Å². The summed E-state index contributed by atoms with van der Waals surface area (Å²) in [6, 6.07) is 9.34. The molecule has 1 amide bonds. The molecule has 0 unspecified atom stereocenters. The van der Waals surface area contributed by atoms with Crippen LogP contribution in [-0.4, -0.2) is 10.9 Å². The third-order valence-electron chi connectivity index (χ3n) is 2.91. The summed E-state index contributed by atoms with van der Waals surface area (Å²) in [4.78, 5) is 17.7. The van der Waals surface area contributed by atoms with E-state index in [9.17, 15) is 4.79 Å². The Hall–Kier alpha value is -2.36. The first kappa shape index (κ1) is 13.1. The lowest BCUT2D eigenvalue weighted by atomic mass is 10.1. The highest BCUT2D eigenvalue weighted by atomic mass is 16.2. The zero-order valence-corrected chi connectivity index (χ0v) is 11.3. The number of nitrogens with zero attached hydrogens (tertiary/aromatic N) is 2. The number of nitrogens with two attached hydrogens (primary N) is 1. The highest BCUT2D eigenvalue weighted by Gasteiger charge is 2.17. The molecule has 0 aliphatic rings. The maximum absolute atomic E-state index is 11.9. The Morgan fingerprint density at radius 1 is 1.21 bits per heavy atom. The molecule has 2 N–H and O–H groups in total. The number of benzene rings is 1. The Bertz CT molecular complexity index is 623. The van der Waals surface area contributed by atoms with E-state index >= 15 is 0 Å². The van der Waals surface area contributed by atoms with Gasteiger partial charge >= 0.3 is 0 Å². The van der Waals surface area contributed by atoms with Crippen LogP contribution >= 0.6 is 0 Å². The van der Waals surface area contributed by atoms with E-state index in [1.54, 1.807) is 23.2 Å². The highest BCUT2D eigenvalue weighted by molar-refractivity contribution is 5.99. The van der Waals surface area contributed by atoms with Gasteiger partial charge in [-0.1, -0.05) is 17.7 Å². The van der Waals surface area contributed by atoms with E-state index in [4.69, 9.17) is 5.73 Å². The minimum Gasteiger partial charge on any atom is -0.399 e. The fourth-order valence-corrected chi connectivity index (χ4v) is 2.07. The van der Waals surface area contributed by atoms with Gasteiger partial charge in [0.2, 0.25) is 5.91 Å². The van der Waals surface area contributed by atoms with Crippen LogP contribution in [0, 0.1) is 13.8 Å². The highest BCUT2D eigenvalue weighted by Crippen LogP contribution is 2.28. The summed E-state index contributed by atoms with van der Waals surface area (Å²) in [5, 5.41) is 0. The summed E-state index contributed by atoms with van der Waals surface area (Å²) in [6.07, 6.45) is 1.60. The first-order valence-electron chi connectivity index (χ1n) is 6.08. The largest absolute Gasteiger partial charge is 0.399 e. The van der Waals surface area contributed by atoms with Gasteiger partial charge in [0.15, 0.2) is 0 Å². The molecule has 1 aromatic carbocycles. The zero-order valence-electron chi connectivity index (χ0n) is 11.3. The van der Waals surface area contributed by atoms with Gasteiger partial charge in [0.1, 0.15) is 5.82 Å². The first-order valence-corrected chi connectivity index (χ1v) is 6.08. The lowest BCUT2D eigenvalue weighted by molar-refractivity contribution is -0.115. The van der Waals surface area contributed by atoms with Gasteiger partial charge in [-0.15, -0.1) is 0 Å². The number of nitrogen functional groups attached to an aromatic ring is 1. The normalized spacial score (nSPS) is 10.3. The number of carbonyl (C=O) groups is 1. The summed E-state index contributed by atoms with van der Waals surface area (Å²) in [6.45, 7) is 5.52. The molecular weight excluding hydrogens is 238 g/mol.